The topological polar surface area (TPSA) is 64.7 Å². The average molecular weight is 363 g/mol. The first-order chi connectivity index (χ1) is 12.7. The molecular weight excluding hydrogens is 340 g/mol. The summed E-state index contributed by atoms with van der Waals surface area (Å²) in [6, 6.07) is 10.5. The SMILES string of the molecule is Cc1nc(-c2ccc(/C=C/C3CCCC3)cc2)sc1-c1ccnc(N)n1. The van der Waals surface area contributed by atoms with E-state index < -0.39 is 0 Å². The molecule has 2 N–H and O–H groups in total. The highest BCUT2D eigenvalue weighted by atomic mass is 32.1. The Morgan fingerprint density at radius 3 is 2.58 bits per heavy atom. The minimum absolute atomic E-state index is 0.287. The molecule has 0 radical (unpaired) electrons. The molecule has 132 valence electrons. The van der Waals surface area contributed by atoms with Crippen LogP contribution in [0.25, 0.3) is 27.2 Å². The van der Waals surface area contributed by atoms with Gasteiger partial charge in [0.15, 0.2) is 0 Å². The number of nitrogens with two attached hydrogens (primary N) is 1. The van der Waals surface area contributed by atoms with Gasteiger partial charge in [0, 0.05) is 11.8 Å². The minimum atomic E-state index is 0.287. The van der Waals surface area contributed by atoms with Crippen LogP contribution < -0.4 is 5.73 Å². The van der Waals surface area contributed by atoms with Crippen LogP contribution >= 0.6 is 11.3 Å². The minimum Gasteiger partial charge on any atom is -0.368 e. The van der Waals surface area contributed by atoms with Crippen molar-refractivity contribution in [2.75, 3.05) is 5.73 Å². The number of nitrogen functional groups attached to an aromatic ring is 1. The Morgan fingerprint density at radius 2 is 1.85 bits per heavy atom. The van der Waals surface area contributed by atoms with Crippen molar-refractivity contribution in [2.24, 2.45) is 5.92 Å². The number of hydrogen-bond donors (Lipinski definition) is 1. The van der Waals surface area contributed by atoms with Gasteiger partial charge in [-0.1, -0.05) is 49.3 Å². The predicted octanol–water partition coefficient (Wildman–Crippen LogP) is 5.36. The maximum atomic E-state index is 5.71. The number of anilines is 1. The number of nitrogens with zero attached hydrogens (tertiary/aromatic N) is 3. The summed E-state index contributed by atoms with van der Waals surface area (Å²) in [4.78, 5) is 14.0. The second-order valence-electron chi connectivity index (χ2n) is 6.76. The lowest BCUT2D eigenvalue weighted by molar-refractivity contribution is 0.689. The molecule has 5 heteroatoms. The monoisotopic (exact) mass is 362 g/mol. The van der Waals surface area contributed by atoms with Crippen molar-refractivity contribution in [2.45, 2.75) is 32.6 Å². The zero-order valence-corrected chi connectivity index (χ0v) is 15.7. The first kappa shape index (κ1) is 16.9. The molecule has 26 heavy (non-hydrogen) atoms. The summed E-state index contributed by atoms with van der Waals surface area (Å²) in [5, 5.41) is 1.00. The quantitative estimate of drug-likeness (QED) is 0.678. The van der Waals surface area contributed by atoms with E-state index in [-0.39, 0.29) is 5.95 Å². The number of hydrogen-bond acceptors (Lipinski definition) is 5. The lowest BCUT2D eigenvalue weighted by Crippen LogP contribution is -1.94. The summed E-state index contributed by atoms with van der Waals surface area (Å²) in [6.45, 7) is 2.01. The van der Waals surface area contributed by atoms with Gasteiger partial charge < -0.3 is 5.73 Å². The Balaban J connectivity index is 1.55. The number of aromatic nitrogens is 3. The summed E-state index contributed by atoms with van der Waals surface area (Å²) in [6.07, 6.45) is 11.7. The molecule has 4 nitrogen and oxygen atoms in total. The maximum absolute atomic E-state index is 5.71. The second kappa shape index (κ2) is 7.38. The van der Waals surface area contributed by atoms with Gasteiger partial charge in [0.25, 0.3) is 0 Å². The van der Waals surface area contributed by atoms with Crippen LogP contribution in [0.1, 0.15) is 36.9 Å². The van der Waals surface area contributed by atoms with Crippen molar-refractivity contribution < 1.29 is 0 Å². The number of allylic oxidation sites excluding steroid dienone is 1. The molecule has 2 heterocycles. The molecule has 2 aromatic heterocycles. The van der Waals surface area contributed by atoms with E-state index in [4.69, 9.17) is 10.7 Å². The predicted molar refractivity (Wildman–Crippen MR) is 109 cm³/mol. The van der Waals surface area contributed by atoms with Crippen molar-refractivity contribution in [3.63, 3.8) is 0 Å². The fraction of sp³-hybridized carbons (Fsp3) is 0.286. The summed E-state index contributed by atoms with van der Waals surface area (Å²) < 4.78 is 0. The van der Waals surface area contributed by atoms with E-state index >= 15 is 0 Å². The summed E-state index contributed by atoms with van der Waals surface area (Å²) in [5.41, 5.74) is 9.88. The van der Waals surface area contributed by atoms with Crippen molar-refractivity contribution in [3.05, 3.63) is 53.9 Å². The number of aryl methyl sites for hydroxylation is 1. The van der Waals surface area contributed by atoms with Crippen LogP contribution in [0.15, 0.2) is 42.6 Å². The maximum Gasteiger partial charge on any atom is 0.220 e. The Kier molecular flexibility index (Phi) is 4.80. The van der Waals surface area contributed by atoms with Gasteiger partial charge in [0.05, 0.1) is 16.3 Å². The lowest BCUT2D eigenvalue weighted by atomic mass is 10.1. The Labute approximate surface area is 157 Å². The third-order valence-electron chi connectivity index (χ3n) is 4.82. The summed E-state index contributed by atoms with van der Waals surface area (Å²) in [5.74, 6) is 1.05. The van der Waals surface area contributed by atoms with E-state index in [2.05, 4.69) is 46.4 Å². The van der Waals surface area contributed by atoms with Crippen LogP contribution in [-0.4, -0.2) is 15.0 Å². The first-order valence-electron chi connectivity index (χ1n) is 9.04. The van der Waals surface area contributed by atoms with Crippen molar-refractivity contribution >= 4 is 23.4 Å². The van der Waals surface area contributed by atoms with Gasteiger partial charge in [-0.2, -0.15) is 0 Å². The average Bonchev–Trinajstić information content (AvgIpc) is 3.30. The molecule has 4 rings (SSSR count). The number of thiazole rings is 1. The largest absolute Gasteiger partial charge is 0.368 e. The van der Waals surface area contributed by atoms with E-state index in [0.717, 1.165) is 32.8 Å². The molecule has 0 aliphatic heterocycles. The van der Waals surface area contributed by atoms with Gasteiger partial charge in [0.1, 0.15) is 5.01 Å². The van der Waals surface area contributed by atoms with E-state index in [1.807, 2.05) is 13.0 Å². The standard InChI is InChI=1S/C21H22N4S/c1-14-19(18-12-13-23-21(22)25-18)26-20(24-14)17-10-8-16(9-11-17)7-6-15-4-2-3-5-15/h6-13,15H,2-5H2,1H3,(H2,22,23,25)/b7-6+. The van der Waals surface area contributed by atoms with Gasteiger partial charge in [-0.3, -0.25) is 0 Å². The zero-order valence-electron chi connectivity index (χ0n) is 14.9. The van der Waals surface area contributed by atoms with E-state index in [1.165, 1.54) is 31.2 Å². The van der Waals surface area contributed by atoms with E-state index in [1.54, 1.807) is 17.5 Å². The highest BCUT2D eigenvalue weighted by Crippen LogP contribution is 2.34. The smallest absolute Gasteiger partial charge is 0.220 e. The van der Waals surface area contributed by atoms with Crippen LogP contribution in [0, 0.1) is 12.8 Å². The molecule has 1 aromatic carbocycles. The molecule has 0 atom stereocenters. The van der Waals surface area contributed by atoms with E-state index in [0.29, 0.717) is 0 Å². The molecule has 0 amide bonds. The van der Waals surface area contributed by atoms with Crippen LogP contribution in [-0.2, 0) is 0 Å². The van der Waals surface area contributed by atoms with Crippen molar-refractivity contribution in [1.29, 1.82) is 0 Å². The molecule has 0 unspecified atom stereocenters. The zero-order chi connectivity index (χ0) is 17.9. The van der Waals surface area contributed by atoms with Crippen LogP contribution in [0.3, 0.4) is 0 Å². The van der Waals surface area contributed by atoms with Crippen LogP contribution in [0.4, 0.5) is 5.95 Å². The second-order valence-corrected chi connectivity index (χ2v) is 7.76. The van der Waals surface area contributed by atoms with Gasteiger partial charge in [-0.25, -0.2) is 15.0 Å². The molecule has 1 aliphatic rings. The van der Waals surface area contributed by atoms with Crippen molar-refractivity contribution in [1.82, 2.24) is 15.0 Å². The molecule has 0 bridgehead atoms. The van der Waals surface area contributed by atoms with Gasteiger partial charge in [-0.05, 0) is 37.3 Å². The molecule has 1 saturated carbocycles. The summed E-state index contributed by atoms with van der Waals surface area (Å²) >= 11 is 1.64. The van der Waals surface area contributed by atoms with Gasteiger partial charge in [-0.15, -0.1) is 11.3 Å². The first-order valence-corrected chi connectivity index (χ1v) is 9.85. The Morgan fingerprint density at radius 1 is 1.08 bits per heavy atom. The Hall–Kier alpha value is -2.53. The third-order valence-corrected chi connectivity index (χ3v) is 6.05. The molecule has 3 aromatic rings. The fourth-order valence-electron chi connectivity index (χ4n) is 3.39. The normalized spacial score (nSPS) is 15.1. The molecule has 1 aliphatic carbocycles. The van der Waals surface area contributed by atoms with Crippen molar-refractivity contribution in [3.8, 4) is 21.1 Å². The molecule has 0 saturated heterocycles. The van der Waals surface area contributed by atoms with E-state index in [9.17, 15) is 0 Å². The lowest BCUT2D eigenvalue weighted by Gasteiger charge is -2.01. The fourth-order valence-corrected chi connectivity index (χ4v) is 4.43. The molecule has 1 fully saturated rings. The molecule has 0 spiro atoms. The van der Waals surface area contributed by atoms with Crippen LogP contribution in [0.2, 0.25) is 0 Å². The highest BCUT2D eigenvalue weighted by molar-refractivity contribution is 7.18. The van der Waals surface area contributed by atoms with Gasteiger partial charge >= 0.3 is 0 Å². The highest BCUT2D eigenvalue weighted by Gasteiger charge is 2.13. The molecular formula is C21H22N4S. The third kappa shape index (κ3) is 3.68. The Bertz CT molecular complexity index is 921. The van der Waals surface area contributed by atoms with Gasteiger partial charge in [0.2, 0.25) is 5.95 Å². The summed E-state index contributed by atoms with van der Waals surface area (Å²) in [7, 11) is 0. The number of rotatable bonds is 4. The number of benzene rings is 1. The van der Waals surface area contributed by atoms with Crippen LogP contribution in [0.5, 0.6) is 0 Å².